The summed E-state index contributed by atoms with van der Waals surface area (Å²) in [7, 11) is 0. The summed E-state index contributed by atoms with van der Waals surface area (Å²) >= 11 is 31.4. The van der Waals surface area contributed by atoms with Crippen molar-refractivity contribution in [1.29, 1.82) is 0 Å². The number of fused-ring (bicyclic) bond motifs is 6. The lowest BCUT2D eigenvalue weighted by Crippen LogP contribution is -2.63. The fourth-order valence-corrected chi connectivity index (χ4v) is 7.86. The Morgan fingerprint density at radius 2 is 1.30 bits per heavy atom. The van der Waals surface area contributed by atoms with Crippen molar-refractivity contribution >= 4 is 117 Å². The van der Waals surface area contributed by atoms with E-state index in [-0.39, 0.29) is 64.1 Å². The highest BCUT2D eigenvalue weighted by molar-refractivity contribution is 6.77. The molecular weight excluding hydrogens is 829 g/mol. The predicted octanol–water partition coefficient (Wildman–Crippen LogP) is 3.28. The van der Waals surface area contributed by atoms with Crippen LogP contribution < -0.4 is 21.3 Å². The van der Waals surface area contributed by atoms with Gasteiger partial charge in [0.15, 0.2) is 12.2 Å². The first-order valence-corrected chi connectivity index (χ1v) is 17.4. The molecule has 0 unspecified atom stereocenters. The monoisotopic (exact) mass is 870 g/mol. The average Bonchev–Trinajstić information content (AvgIpc) is 3.63. The van der Waals surface area contributed by atoms with Crippen LogP contribution in [0.25, 0.3) is 0 Å². The molecule has 0 spiro atoms. The Labute approximate surface area is 337 Å². The number of amides is 8. The van der Waals surface area contributed by atoms with Crippen LogP contribution >= 0.6 is 69.6 Å². The first-order chi connectivity index (χ1) is 22.9. The number of nitrogens with zero attached hydrogens (tertiary/aromatic N) is 2. The zero-order chi connectivity index (χ0) is 37.7. The van der Waals surface area contributed by atoms with Crippen molar-refractivity contribution in [2.75, 3.05) is 13.1 Å². The number of urea groups is 1. The van der Waals surface area contributed by atoms with Crippen molar-refractivity contribution in [3.63, 3.8) is 0 Å². The molecule has 53 heavy (non-hydrogen) atoms. The number of ether oxygens (including phenoxy) is 2. The summed E-state index contributed by atoms with van der Waals surface area (Å²) in [5.74, 6) is -4.35. The van der Waals surface area contributed by atoms with E-state index < -0.39 is 67.0 Å². The number of aliphatic imine (C=N–C) groups is 1. The van der Waals surface area contributed by atoms with Crippen molar-refractivity contribution in [2.24, 2.45) is 28.7 Å². The summed E-state index contributed by atoms with van der Waals surface area (Å²) in [5, 5.41) is 9.93. The van der Waals surface area contributed by atoms with Crippen LogP contribution in [0.3, 0.4) is 0 Å². The molecule has 0 aromatic heterocycles. The van der Waals surface area contributed by atoms with Gasteiger partial charge < -0.3 is 19.7 Å². The van der Waals surface area contributed by atoms with E-state index in [0.717, 1.165) is 19.0 Å². The highest BCUT2D eigenvalue weighted by atomic mass is 35.6. The summed E-state index contributed by atoms with van der Waals surface area (Å²) in [6, 6.07) is -1.53. The van der Waals surface area contributed by atoms with Gasteiger partial charge in [0, 0.05) is 6.54 Å². The number of carbonyl (C=O) groups excluding carboxylic acids is 8. The van der Waals surface area contributed by atoms with Gasteiger partial charge in [0.2, 0.25) is 17.9 Å². The van der Waals surface area contributed by atoms with Gasteiger partial charge in [-0.2, -0.15) is 0 Å². The van der Waals surface area contributed by atoms with Crippen LogP contribution in [-0.2, 0) is 43.0 Å². The number of rotatable bonds is 0. The Bertz CT molecular complexity index is 1540. The third-order valence-corrected chi connectivity index (χ3v) is 10.2. The number of piperidine rings is 2. The van der Waals surface area contributed by atoms with E-state index in [9.17, 15) is 38.4 Å². The number of alkyl halides is 6. The third-order valence-electron chi connectivity index (χ3n) is 9.21. The summed E-state index contributed by atoms with van der Waals surface area (Å²) in [6.07, 6.45) is 0.875. The first kappa shape index (κ1) is 48.9. The number of hydrogen-bond acceptors (Lipinski definition) is 11. The van der Waals surface area contributed by atoms with E-state index in [1.165, 1.54) is 4.90 Å². The van der Waals surface area contributed by atoms with Crippen molar-refractivity contribution < 1.29 is 47.8 Å². The smallest absolute Gasteiger partial charge is 0.324 e. The first-order valence-electron chi connectivity index (χ1n) is 15.1. The zero-order valence-electron chi connectivity index (χ0n) is 26.7. The Hall–Kier alpha value is -2.11. The average molecular weight is 873 g/mol. The van der Waals surface area contributed by atoms with Crippen molar-refractivity contribution in [3.8, 4) is 0 Å². The summed E-state index contributed by atoms with van der Waals surface area (Å²) < 4.78 is 7.26. The fraction of sp³-hybridized carbons (Fsp3) is 0.742. The topological polar surface area (TPSA) is 219 Å². The van der Waals surface area contributed by atoms with Crippen LogP contribution in [0.1, 0.15) is 62.8 Å². The molecule has 6 aliphatic heterocycles. The lowest BCUT2D eigenvalue weighted by atomic mass is 9.77. The van der Waals surface area contributed by atoms with Crippen molar-refractivity contribution in [2.45, 2.75) is 106 Å². The number of imide groups is 3. The summed E-state index contributed by atoms with van der Waals surface area (Å²) in [5.41, 5.74) is -1.26. The number of hydrogen-bond donors (Lipinski definition) is 4. The van der Waals surface area contributed by atoms with Crippen LogP contribution in [0.2, 0.25) is 0 Å². The van der Waals surface area contributed by atoms with E-state index >= 15 is 0 Å². The molecule has 4 N–H and O–H groups in total. The molecular formula is C31H44Cl6N6O10. The third kappa shape index (κ3) is 10.2. The highest BCUT2D eigenvalue weighted by Crippen LogP contribution is 2.48. The number of isocyanates is 1. The van der Waals surface area contributed by atoms with Gasteiger partial charge in [0.05, 0.1) is 35.1 Å². The molecule has 22 heteroatoms. The van der Waals surface area contributed by atoms with Gasteiger partial charge in [-0.3, -0.25) is 44.7 Å². The molecule has 16 nitrogen and oxygen atoms in total. The van der Waals surface area contributed by atoms with Crippen molar-refractivity contribution in [1.82, 2.24) is 26.2 Å². The van der Waals surface area contributed by atoms with Gasteiger partial charge in [0.1, 0.15) is 0 Å². The second kappa shape index (κ2) is 17.8. The second-order valence-corrected chi connectivity index (χ2v) is 17.9. The van der Waals surface area contributed by atoms with Crippen LogP contribution in [0.5, 0.6) is 0 Å². The van der Waals surface area contributed by atoms with E-state index in [1.807, 2.05) is 19.2 Å². The lowest BCUT2D eigenvalue weighted by molar-refractivity contribution is -0.140. The Kier molecular flexibility index (Phi) is 16.4. The summed E-state index contributed by atoms with van der Waals surface area (Å²) in [4.78, 5) is 95.3. The molecule has 0 aromatic carbocycles. The highest BCUT2D eigenvalue weighted by Gasteiger charge is 2.65. The molecule has 0 radical (unpaired) electrons. The molecule has 10 atom stereocenters. The van der Waals surface area contributed by atoms with Crippen molar-refractivity contribution in [3.05, 3.63) is 0 Å². The quantitative estimate of drug-likeness (QED) is 0.120. The summed E-state index contributed by atoms with van der Waals surface area (Å²) in [6.45, 7) is 8.95. The van der Waals surface area contributed by atoms with Gasteiger partial charge in [-0.15, -0.1) is 4.99 Å². The molecule has 6 saturated heterocycles. The SMILES string of the molecule is C.C.C.C[C@@H]1CN(C(=O)NC(=O)C(Cl)(Cl)Cl)[C@H]2[C@H]3C(=O)NC(=O)[C@H]3O[C@@]2(C)C1.C[C@@H]1CN[C@H]2[C@H]3C(=O)NC(=O)[C@H]3O[C@@]2(C)C1.O=C=NC(=O)C(Cl)(Cl)Cl. The Balaban J connectivity index is 0.000000433. The minimum absolute atomic E-state index is 0. The van der Waals surface area contributed by atoms with Crippen LogP contribution in [0.15, 0.2) is 4.99 Å². The van der Waals surface area contributed by atoms with E-state index in [1.54, 1.807) is 6.92 Å². The molecule has 6 fully saturated rings. The number of halogens is 6. The minimum atomic E-state index is -2.30. The van der Waals surface area contributed by atoms with Crippen LogP contribution in [0.4, 0.5) is 4.79 Å². The largest absolute Gasteiger partial charge is 0.360 e. The van der Waals surface area contributed by atoms with Crippen LogP contribution in [0, 0.1) is 23.7 Å². The predicted molar refractivity (Wildman–Crippen MR) is 197 cm³/mol. The maximum absolute atomic E-state index is 12.6. The number of likely N-dealkylation sites (tertiary alicyclic amines) is 1. The standard InChI is InChI=1S/C14H16Cl3N3O5.C11H16N2O3.C3Cl3NO2.3CH4/c1-5-3-13(2)8(6-7(25-13)10(22)18-9(6)21)20(4-5)12(24)19-11(23)14(15,16)17;1-5-3-11(2)8(12-4-5)6-7(16-11)10(15)13-9(6)14;4-3(5,6)2(9)7-1-8;;;/h5-8H,3-4H2,1-2H3,(H,18,21,22)(H,19,23,24);5-8,12H,3-4H2,1-2H3,(H,13,14,15);;3*1H4/t5-,6-,7-,8-,13-;5-,6-,7-,8-,11-;;;;/m00..../s1. The Morgan fingerprint density at radius 3 is 1.79 bits per heavy atom. The lowest BCUT2D eigenvalue weighted by Gasteiger charge is -2.46. The number of nitrogens with one attached hydrogen (secondary N) is 4. The molecule has 0 aromatic rings. The molecule has 0 saturated carbocycles. The molecule has 6 aliphatic rings. The molecule has 6 rings (SSSR count). The second-order valence-electron chi connectivity index (χ2n) is 13.3. The van der Waals surface area contributed by atoms with E-state index in [4.69, 9.17) is 79.1 Å². The van der Waals surface area contributed by atoms with Gasteiger partial charge in [-0.05, 0) is 45.1 Å². The fourth-order valence-electron chi connectivity index (χ4n) is 7.59. The van der Waals surface area contributed by atoms with Gasteiger partial charge in [0.25, 0.3) is 25.3 Å². The van der Waals surface area contributed by atoms with E-state index in [2.05, 4.69) is 27.9 Å². The van der Waals surface area contributed by atoms with E-state index in [0.29, 0.717) is 12.3 Å². The molecule has 0 bridgehead atoms. The van der Waals surface area contributed by atoms with Gasteiger partial charge >= 0.3 is 11.9 Å². The van der Waals surface area contributed by atoms with Gasteiger partial charge in [-0.25, -0.2) is 9.59 Å². The maximum Gasteiger partial charge on any atom is 0.324 e. The molecule has 8 amide bonds. The molecule has 300 valence electrons. The Morgan fingerprint density at radius 1 is 0.811 bits per heavy atom. The molecule has 6 heterocycles. The van der Waals surface area contributed by atoms with Gasteiger partial charge in [-0.1, -0.05) is 106 Å². The normalized spacial score (nSPS) is 34.8. The van der Waals surface area contributed by atoms with Crippen LogP contribution in [-0.4, -0.2) is 109 Å². The number of carbonyl (C=O) groups is 7. The zero-order valence-corrected chi connectivity index (χ0v) is 31.2. The minimum Gasteiger partial charge on any atom is -0.360 e. The molecule has 0 aliphatic carbocycles. The maximum atomic E-state index is 12.6.